The Kier molecular flexibility index (Phi) is 1.55. The van der Waals surface area contributed by atoms with E-state index in [0.717, 1.165) is 0 Å². The van der Waals surface area contributed by atoms with Gasteiger partial charge in [0.05, 0.1) is 0 Å². The summed E-state index contributed by atoms with van der Waals surface area (Å²) in [7, 11) is 0. The van der Waals surface area contributed by atoms with E-state index in [9.17, 15) is 8.78 Å². The molecule has 0 heterocycles. The Balaban J connectivity index is 2.35. The van der Waals surface area contributed by atoms with E-state index in [1.807, 2.05) is 0 Å². The first-order chi connectivity index (χ1) is 5.56. The van der Waals surface area contributed by atoms with Gasteiger partial charge in [-0.3, -0.25) is 0 Å². The van der Waals surface area contributed by atoms with Gasteiger partial charge >= 0.3 is 0 Å². The molecular formula is C9H7BrF2. The maximum Gasteiger partial charge on any atom is 0.206 e. The summed E-state index contributed by atoms with van der Waals surface area (Å²) >= 11 is 2.70. The van der Waals surface area contributed by atoms with Crippen LogP contribution < -0.4 is 0 Å². The zero-order chi connectivity index (χ0) is 8.82. The molecule has 1 aliphatic carbocycles. The number of hydrogen-bond acceptors (Lipinski definition) is 0. The molecule has 0 saturated heterocycles. The lowest BCUT2D eigenvalue weighted by atomic mass is 10.1. The molecule has 1 fully saturated rings. The normalized spacial score (nSPS) is 39.6. The highest BCUT2D eigenvalue weighted by Crippen LogP contribution is 2.65. The third-order valence-corrected chi connectivity index (χ3v) is 3.06. The molecule has 1 aromatic carbocycles. The molecule has 0 aromatic heterocycles. The minimum Gasteiger partial charge on any atom is -0.234 e. The van der Waals surface area contributed by atoms with Crippen LogP contribution >= 0.6 is 15.9 Å². The molecule has 2 unspecified atom stereocenters. The summed E-state index contributed by atoms with van der Waals surface area (Å²) in [5.74, 6) is 0. The quantitative estimate of drug-likeness (QED) is 0.652. The van der Waals surface area contributed by atoms with Crippen molar-refractivity contribution in [1.29, 1.82) is 0 Å². The number of halogens is 3. The maximum absolute atomic E-state index is 13.6. The largest absolute Gasteiger partial charge is 0.234 e. The molecule has 3 heteroatoms. The van der Waals surface area contributed by atoms with Crippen molar-refractivity contribution < 1.29 is 8.78 Å². The molecule has 12 heavy (non-hydrogen) atoms. The van der Waals surface area contributed by atoms with Crippen LogP contribution in [-0.4, -0.2) is 4.58 Å². The predicted octanol–water partition coefficient (Wildman–Crippen LogP) is 3.32. The summed E-state index contributed by atoms with van der Waals surface area (Å²) < 4.78 is 24.8. The van der Waals surface area contributed by atoms with Gasteiger partial charge in [0.2, 0.25) is 4.58 Å². The maximum atomic E-state index is 13.6. The highest BCUT2D eigenvalue weighted by Gasteiger charge is 2.70. The van der Waals surface area contributed by atoms with Gasteiger partial charge in [0.1, 0.15) is 0 Å². The van der Waals surface area contributed by atoms with Crippen LogP contribution in [0.1, 0.15) is 12.0 Å². The molecule has 0 nitrogen and oxygen atoms in total. The lowest BCUT2D eigenvalue weighted by Gasteiger charge is -2.06. The molecule has 0 amide bonds. The van der Waals surface area contributed by atoms with Crippen molar-refractivity contribution in [2.75, 3.05) is 0 Å². The van der Waals surface area contributed by atoms with Gasteiger partial charge in [0.15, 0.2) is 5.67 Å². The highest BCUT2D eigenvalue weighted by molar-refractivity contribution is 9.10. The summed E-state index contributed by atoms with van der Waals surface area (Å²) in [4.78, 5) is 0. The molecule has 1 aliphatic rings. The Morgan fingerprint density at radius 3 is 2.08 bits per heavy atom. The average Bonchev–Trinajstić information content (AvgIpc) is 2.55. The van der Waals surface area contributed by atoms with Gasteiger partial charge in [0.25, 0.3) is 0 Å². The van der Waals surface area contributed by atoms with Crippen LogP contribution in [0, 0.1) is 0 Å². The minimum absolute atomic E-state index is 0.0932. The van der Waals surface area contributed by atoms with Gasteiger partial charge in [-0.2, -0.15) is 0 Å². The van der Waals surface area contributed by atoms with Gasteiger partial charge in [-0.05, 0) is 21.5 Å². The predicted molar refractivity (Wildman–Crippen MR) is 46.6 cm³/mol. The van der Waals surface area contributed by atoms with Crippen molar-refractivity contribution in [1.82, 2.24) is 0 Å². The van der Waals surface area contributed by atoms with Crippen molar-refractivity contribution in [3.8, 4) is 0 Å². The Hall–Kier alpha value is -0.440. The molecule has 0 spiro atoms. The lowest BCUT2D eigenvalue weighted by Crippen LogP contribution is -2.07. The SMILES string of the molecule is FC1(Br)CC1(F)c1ccccc1. The number of hydrogen-bond donors (Lipinski definition) is 0. The first-order valence-electron chi connectivity index (χ1n) is 3.68. The van der Waals surface area contributed by atoms with Crippen LogP contribution in [0.4, 0.5) is 8.78 Å². The third-order valence-electron chi connectivity index (χ3n) is 2.15. The first kappa shape index (κ1) is 8.17. The van der Waals surface area contributed by atoms with E-state index in [-0.39, 0.29) is 6.42 Å². The molecule has 0 aliphatic heterocycles. The topological polar surface area (TPSA) is 0 Å². The van der Waals surface area contributed by atoms with E-state index in [0.29, 0.717) is 5.56 Å². The molecule has 1 saturated carbocycles. The molecular weight excluding hydrogens is 226 g/mol. The van der Waals surface area contributed by atoms with Crippen LogP contribution in [0.15, 0.2) is 30.3 Å². The Morgan fingerprint density at radius 2 is 1.67 bits per heavy atom. The molecule has 64 valence electrons. The van der Waals surface area contributed by atoms with Crippen LogP contribution in [0.3, 0.4) is 0 Å². The number of alkyl halides is 3. The standard InChI is InChI=1S/C9H7BrF2/c10-9(12)6-8(9,11)7-4-2-1-3-5-7/h1-5H,6H2. The first-order valence-corrected chi connectivity index (χ1v) is 4.48. The van der Waals surface area contributed by atoms with E-state index in [4.69, 9.17) is 0 Å². The Bertz CT molecular complexity index is 297. The average molecular weight is 233 g/mol. The Morgan fingerprint density at radius 1 is 1.17 bits per heavy atom. The third kappa shape index (κ3) is 0.993. The molecule has 0 bridgehead atoms. The van der Waals surface area contributed by atoms with Crippen LogP contribution in [0.2, 0.25) is 0 Å². The monoisotopic (exact) mass is 232 g/mol. The second kappa shape index (κ2) is 2.28. The van der Waals surface area contributed by atoms with Gasteiger partial charge in [0, 0.05) is 6.42 Å². The summed E-state index contributed by atoms with van der Waals surface area (Å²) in [6, 6.07) is 8.39. The highest BCUT2D eigenvalue weighted by atomic mass is 79.9. The fourth-order valence-electron chi connectivity index (χ4n) is 1.28. The van der Waals surface area contributed by atoms with E-state index >= 15 is 0 Å². The van der Waals surface area contributed by atoms with Crippen LogP contribution in [0.5, 0.6) is 0 Å². The Labute approximate surface area is 77.7 Å². The van der Waals surface area contributed by atoms with Gasteiger partial charge in [-0.1, -0.05) is 30.3 Å². The lowest BCUT2D eigenvalue weighted by molar-refractivity contribution is 0.237. The zero-order valence-electron chi connectivity index (χ0n) is 6.23. The van der Waals surface area contributed by atoms with Crippen molar-refractivity contribution in [3.05, 3.63) is 35.9 Å². The van der Waals surface area contributed by atoms with Crippen LogP contribution in [-0.2, 0) is 5.67 Å². The second-order valence-electron chi connectivity index (χ2n) is 3.05. The van der Waals surface area contributed by atoms with E-state index in [1.165, 1.54) is 0 Å². The summed E-state index contributed by atoms with van der Waals surface area (Å²) in [6.45, 7) is 0. The summed E-state index contributed by atoms with van der Waals surface area (Å²) in [5, 5.41) is 0. The van der Waals surface area contributed by atoms with E-state index < -0.39 is 10.2 Å². The fraction of sp³-hybridized carbons (Fsp3) is 0.333. The summed E-state index contributed by atoms with van der Waals surface area (Å²) in [6.07, 6.45) is -0.0932. The van der Waals surface area contributed by atoms with Gasteiger partial charge < -0.3 is 0 Å². The van der Waals surface area contributed by atoms with Crippen molar-refractivity contribution in [2.24, 2.45) is 0 Å². The van der Waals surface area contributed by atoms with Gasteiger partial charge in [-0.15, -0.1) is 0 Å². The van der Waals surface area contributed by atoms with E-state index in [1.54, 1.807) is 30.3 Å². The zero-order valence-corrected chi connectivity index (χ0v) is 7.81. The minimum atomic E-state index is -1.85. The number of benzene rings is 1. The van der Waals surface area contributed by atoms with Crippen molar-refractivity contribution in [3.63, 3.8) is 0 Å². The second-order valence-corrected chi connectivity index (χ2v) is 4.31. The molecule has 1 aromatic rings. The fourth-order valence-corrected chi connectivity index (χ4v) is 1.89. The molecule has 0 radical (unpaired) electrons. The van der Waals surface area contributed by atoms with E-state index in [2.05, 4.69) is 15.9 Å². The van der Waals surface area contributed by atoms with Crippen molar-refractivity contribution in [2.45, 2.75) is 16.7 Å². The summed E-state index contributed by atoms with van der Waals surface area (Å²) in [5.41, 5.74) is -1.40. The molecule has 2 atom stereocenters. The number of rotatable bonds is 1. The van der Waals surface area contributed by atoms with Crippen molar-refractivity contribution >= 4 is 15.9 Å². The smallest absolute Gasteiger partial charge is 0.206 e. The van der Waals surface area contributed by atoms with Crippen LogP contribution in [0.25, 0.3) is 0 Å². The molecule has 2 rings (SSSR count). The van der Waals surface area contributed by atoms with Gasteiger partial charge in [-0.25, -0.2) is 8.78 Å². The molecule has 0 N–H and O–H groups in total.